The summed E-state index contributed by atoms with van der Waals surface area (Å²) < 4.78 is 10.8. The second kappa shape index (κ2) is 11.2. The summed E-state index contributed by atoms with van der Waals surface area (Å²) in [6.07, 6.45) is 0.0949. The van der Waals surface area contributed by atoms with Crippen molar-refractivity contribution in [3.8, 4) is 0 Å². The number of halogens is 1. The molecular formula is C24H32ClN3O6. The lowest BCUT2D eigenvalue weighted by atomic mass is 10.0. The van der Waals surface area contributed by atoms with E-state index in [1.54, 1.807) is 24.3 Å². The van der Waals surface area contributed by atoms with Gasteiger partial charge in [0.1, 0.15) is 18.1 Å². The quantitative estimate of drug-likeness (QED) is 0.537. The van der Waals surface area contributed by atoms with E-state index in [1.165, 1.54) is 4.90 Å². The van der Waals surface area contributed by atoms with Crippen LogP contribution in [-0.4, -0.2) is 65.7 Å². The molecule has 2 fully saturated rings. The molecule has 34 heavy (non-hydrogen) atoms. The summed E-state index contributed by atoms with van der Waals surface area (Å²) in [5.74, 6) is -1.81. The van der Waals surface area contributed by atoms with E-state index >= 15 is 0 Å². The van der Waals surface area contributed by atoms with Crippen LogP contribution in [0, 0.1) is 5.92 Å². The van der Waals surface area contributed by atoms with Crippen molar-refractivity contribution in [3.63, 3.8) is 0 Å². The smallest absolute Gasteiger partial charge is 0.310 e. The first-order valence-electron chi connectivity index (χ1n) is 11.6. The fourth-order valence-corrected chi connectivity index (χ4v) is 4.41. The number of carbonyl (C=O) groups is 4. The molecule has 0 bridgehead atoms. The first-order chi connectivity index (χ1) is 16.1. The molecule has 2 aliphatic rings. The van der Waals surface area contributed by atoms with Crippen molar-refractivity contribution in [1.82, 2.24) is 15.5 Å². The SMILES string of the molecule is CC(C)O[C@H]1OC(=O)C[C@@H]1NC(=O)[C@@H]1CCCN1C(=O)[C@@H](NC(=O)c1ccccc1Cl)C(C)C. The van der Waals surface area contributed by atoms with E-state index in [2.05, 4.69) is 10.6 Å². The van der Waals surface area contributed by atoms with Gasteiger partial charge in [0.25, 0.3) is 5.91 Å². The zero-order chi connectivity index (χ0) is 25.0. The third kappa shape index (κ3) is 6.07. The number of likely N-dealkylation sites (tertiary alicyclic amines) is 1. The molecule has 0 aliphatic carbocycles. The standard InChI is InChI=1S/C24H32ClN3O6/c1-13(2)20(27-21(30)15-8-5-6-9-16(15)25)23(32)28-11-7-10-18(28)22(31)26-17-12-19(29)34-24(17)33-14(3)4/h5-6,8-9,13-14,17-18,20,24H,7,10-12H2,1-4H3,(H,26,31)(H,27,30)/t17-,18-,20-,24-/m0/s1. The van der Waals surface area contributed by atoms with E-state index in [0.29, 0.717) is 24.4 Å². The summed E-state index contributed by atoms with van der Waals surface area (Å²) in [4.78, 5) is 52.6. The summed E-state index contributed by atoms with van der Waals surface area (Å²) in [5.41, 5.74) is 0.278. The van der Waals surface area contributed by atoms with Crippen molar-refractivity contribution in [2.75, 3.05) is 6.54 Å². The van der Waals surface area contributed by atoms with Gasteiger partial charge >= 0.3 is 5.97 Å². The zero-order valence-corrected chi connectivity index (χ0v) is 20.6. The Kier molecular flexibility index (Phi) is 8.54. The number of nitrogens with zero attached hydrogens (tertiary/aromatic N) is 1. The van der Waals surface area contributed by atoms with Gasteiger partial charge in [-0.05, 0) is 44.7 Å². The number of amides is 3. The maximum atomic E-state index is 13.4. The van der Waals surface area contributed by atoms with Gasteiger partial charge in [-0.25, -0.2) is 0 Å². The lowest BCUT2D eigenvalue weighted by molar-refractivity contribution is -0.173. The minimum Gasteiger partial charge on any atom is -0.433 e. The first-order valence-corrected chi connectivity index (χ1v) is 12.0. The lowest BCUT2D eigenvalue weighted by Crippen LogP contribution is -2.56. The van der Waals surface area contributed by atoms with E-state index in [-0.39, 0.29) is 35.8 Å². The summed E-state index contributed by atoms with van der Waals surface area (Å²) in [6.45, 7) is 7.68. The monoisotopic (exact) mass is 493 g/mol. The van der Waals surface area contributed by atoms with E-state index in [9.17, 15) is 19.2 Å². The number of benzene rings is 1. The van der Waals surface area contributed by atoms with Crippen molar-refractivity contribution >= 4 is 35.3 Å². The average Bonchev–Trinajstić information content (AvgIpc) is 3.38. The second-order valence-corrected chi connectivity index (χ2v) is 9.63. The van der Waals surface area contributed by atoms with Crippen LogP contribution in [0.15, 0.2) is 24.3 Å². The zero-order valence-electron chi connectivity index (χ0n) is 19.9. The molecule has 0 aromatic heterocycles. The number of nitrogens with one attached hydrogen (secondary N) is 2. The predicted molar refractivity (Wildman–Crippen MR) is 125 cm³/mol. The maximum Gasteiger partial charge on any atom is 0.310 e. The molecule has 3 rings (SSSR count). The second-order valence-electron chi connectivity index (χ2n) is 9.23. The molecule has 1 aromatic rings. The van der Waals surface area contributed by atoms with Gasteiger partial charge in [0.2, 0.25) is 18.1 Å². The van der Waals surface area contributed by atoms with Gasteiger partial charge in [0.05, 0.1) is 23.1 Å². The van der Waals surface area contributed by atoms with E-state index in [1.807, 2.05) is 27.7 Å². The molecule has 1 aromatic carbocycles. The van der Waals surface area contributed by atoms with E-state index in [4.69, 9.17) is 21.1 Å². The van der Waals surface area contributed by atoms with Gasteiger partial charge < -0.3 is 25.0 Å². The number of hydrogen-bond acceptors (Lipinski definition) is 6. The third-order valence-corrected chi connectivity index (χ3v) is 6.20. The first kappa shape index (κ1) is 26.0. The van der Waals surface area contributed by atoms with Crippen LogP contribution in [0.3, 0.4) is 0 Å². The Morgan fingerprint density at radius 3 is 2.53 bits per heavy atom. The van der Waals surface area contributed by atoms with Crippen LogP contribution in [0.5, 0.6) is 0 Å². The van der Waals surface area contributed by atoms with Gasteiger partial charge in [-0.3, -0.25) is 19.2 Å². The van der Waals surface area contributed by atoms with E-state index < -0.39 is 36.3 Å². The topological polar surface area (TPSA) is 114 Å². The van der Waals surface area contributed by atoms with Crippen molar-refractivity contribution < 1.29 is 28.7 Å². The van der Waals surface area contributed by atoms with E-state index in [0.717, 1.165) is 0 Å². The summed E-state index contributed by atoms with van der Waals surface area (Å²) >= 11 is 6.13. The van der Waals surface area contributed by atoms with Gasteiger partial charge in [0.15, 0.2) is 0 Å². The number of cyclic esters (lactones) is 1. The summed E-state index contributed by atoms with van der Waals surface area (Å²) in [7, 11) is 0. The largest absolute Gasteiger partial charge is 0.433 e. The van der Waals surface area contributed by atoms with Gasteiger partial charge in [-0.1, -0.05) is 37.6 Å². The molecule has 186 valence electrons. The molecule has 0 unspecified atom stereocenters. The number of carbonyl (C=O) groups excluding carboxylic acids is 4. The van der Waals surface area contributed by atoms with Gasteiger partial charge in [-0.2, -0.15) is 0 Å². The molecule has 0 saturated carbocycles. The highest BCUT2D eigenvalue weighted by atomic mass is 35.5. The average molecular weight is 494 g/mol. The molecule has 3 amide bonds. The normalized spacial score (nSPS) is 23.2. The minimum atomic E-state index is -0.861. The fraction of sp³-hybridized carbons (Fsp3) is 0.583. The Labute approximate surface area is 204 Å². The molecule has 10 heteroatoms. The number of esters is 1. The molecule has 2 N–H and O–H groups in total. The lowest BCUT2D eigenvalue weighted by Gasteiger charge is -2.31. The number of hydrogen-bond donors (Lipinski definition) is 2. The molecule has 0 radical (unpaired) electrons. The Bertz CT molecular complexity index is 937. The molecule has 4 atom stereocenters. The minimum absolute atomic E-state index is 0.00625. The summed E-state index contributed by atoms with van der Waals surface area (Å²) in [5, 5.41) is 5.90. The molecule has 0 spiro atoms. The maximum absolute atomic E-state index is 13.4. The van der Waals surface area contributed by atoms with Crippen LogP contribution in [0.1, 0.15) is 57.3 Å². The van der Waals surface area contributed by atoms with Crippen LogP contribution >= 0.6 is 11.6 Å². The highest BCUT2D eigenvalue weighted by Gasteiger charge is 2.42. The molecule has 2 aliphatic heterocycles. The van der Waals surface area contributed by atoms with Crippen LogP contribution in [-0.2, 0) is 23.9 Å². The number of ether oxygens (including phenoxy) is 2. The van der Waals surface area contributed by atoms with Crippen LogP contribution in [0.25, 0.3) is 0 Å². The Morgan fingerprint density at radius 2 is 1.88 bits per heavy atom. The fourth-order valence-electron chi connectivity index (χ4n) is 4.18. The molecule has 2 saturated heterocycles. The Hall–Kier alpha value is -2.65. The van der Waals surface area contributed by atoms with Crippen LogP contribution in [0.4, 0.5) is 0 Å². The molecule has 2 heterocycles. The van der Waals surface area contributed by atoms with Gasteiger partial charge in [-0.15, -0.1) is 0 Å². The summed E-state index contributed by atoms with van der Waals surface area (Å²) in [6, 6.07) is 4.45. The van der Waals surface area contributed by atoms with Crippen molar-refractivity contribution in [2.24, 2.45) is 5.92 Å². The highest BCUT2D eigenvalue weighted by Crippen LogP contribution is 2.23. The highest BCUT2D eigenvalue weighted by molar-refractivity contribution is 6.33. The predicted octanol–water partition coefficient (Wildman–Crippen LogP) is 2.27. The Balaban J connectivity index is 1.70. The Morgan fingerprint density at radius 1 is 1.18 bits per heavy atom. The van der Waals surface area contributed by atoms with Gasteiger partial charge in [0, 0.05) is 6.54 Å². The van der Waals surface area contributed by atoms with Crippen molar-refractivity contribution in [2.45, 2.75) is 77.5 Å². The number of rotatable bonds is 8. The van der Waals surface area contributed by atoms with Crippen LogP contribution in [0.2, 0.25) is 5.02 Å². The molecular weight excluding hydrogens is 462 g/mol. The van der Waals surface area contributed by atoms with Crippen molar-refractivity contribution in [1.29, 1.82) is 0 Å². The third-order valence-electron chi connectivity index (χ3n) is 5.87. The van der Waals surface area contributed by atoms with Crippen LogP contribution < -0.4 is 10.6 Å². The molecule has 9 nitrogen and oxygen atoms in total. The van der Waals surface area contributed by atoms with Crippen molar-refractivity contribution in [3.05, 3.63) is 34.9 Å².